The van der Waals surface area contributed by atoms with E-state index in [4.69, 9.17) is 5.73 Å². The zero-order chi connectivity index (χ0) is 14.8. The molecule has 0 spiro atoms. The molecule has 1 atom stereocenters. The average molecular weight is 353 g/mol. The predicted molar refractivity (Wildman–Crippen MR) is 75.4 cm³/mol. The highest BCUT2D eigenvalue weighted by molar-refractivity contribution is 9.10. The highest BCUT2D eigenvalue weighted by atomic mass is 79.9. The van der Waals surface area contributed by atoms with Gasteiger partial charge < -0.3 is 11.1 Å². The molecule has 4 nitrogen and oxygen atoms in total. The Morgan fingerprint density at radius 2 is 2.25 bits per heavy atom. The maximum Gasteiger partial charge on any atom is 0.401 e. The molecule has 112 valence electrons. The fourth-order valence-electron chi connectivity index (χ4n) is 2.30. The minimum Gasteiger partial charge on any atom is -0.397 e. The summed E-state index contributed by atoms with van der Waals surface area (Å²) in [6.07, 6.45) is -1.82. The number of hydrogen-bond acceptors (Lipinski definition) is 4. The van der Waals surface area contributed by atoms with Crippen LogP contribution in [0.25, 0.3) is 0 Å². The van der Waals surface area contributed by atoms with Crippen molar-refractivity contribution in [2.75, 3.05) is 37.2 Å². The maximum atomic E-state index is 12.3. The monoisotopic (exact) mass is 352 g/mol. The average Bonchev–Trinajstić information content (AvgIpc) is 2.73. The molecule has 0 bridgehead atoms. The Bertz CT molecular complexity index is 467. The van der Waals surface area contributed by atoms with Crippen molar-refractivity contribution in [1.82, 2.24) is 9.88 Å². The number of nitrogen functional groups attached to an aromatic ring is 1. The molecule has 1 saturated heterocycles. The van der Waals surface area contributed by atoms with E-state index < -0.39 is 12.7 Å². The molecule has 0 radical (unpaired) electrons. The number of nitrogens with two attached hydrogens (primary N) is 1. The first kappa shape index (κ1) is 15.4. The summed E-state index contributed by atoms with van der Waals surface area (Å²) in [6, 6.07) is 1.74. The lowest BCUT2D eigenvalue weighted by Gasteiger charge is -2.18. The summed E-state index contributed by atoms with van der Waals surface area (Å²) in [5.74, 6) is 0.858. The summed E-state index contributed by atoms with van der Waals surface area (Å²) in [7, 11) is 0. The van der Waals surface area contributed by atoms with Crippen molar-refractivity contribution in [1.29, 1.82) is 0 Å². The minimum absolute atomic E-state index is 0.198. The van der Waals surface area contributed by atoms with Gasteiger partial charge in [0.15, 0.2) is 0 Å². The summed E-state index contributed by atoms with van der Waals surface area (Å²) in [5.41, 5.74) is 6.14. The van der Waals surface area contributed by atoms with Crippen molar-refractivity contribution in [2.45, 2.75) is 12.6 Å². The van der Waals surface area contributed by atoms with Crippen LogP contribution in [-0.2, 0) is 0 Å². The standard InChI is InChI=1S/C12H16BrF3N4/c13-10-3-9(17)5-19-11(10)18-4-8-1-2-20(6-8)7-12(14,15)16/h3,5,8H,1-2,4,6-7,17H2,(H,18,19). The van der Waals surface area contributed by atoms with Crippen LogP contribution in [-0.4, -0.2) is 42.2 Å². The Hall–Kier alpha value is -1.02. The molecule has 1 aromatic rings. The number of hydrogen-bond donors (Lipinski definition) is 2. The van der Waals surface area contributed by atoms with Gasteiger partial charge in [-0.3, -0.25) is 4.90 Å². The van der Waals surface area contributed by atoms with Crippen LogP contribution >= 0.6 is 15.9 Å². The van der Waals surface area contributed by atoms with Crippen molar-refractivity contribution in [3.8, 4) is 0 Å². The Morgan fingerprint density at radius 1 is 1.50 bits per heavy atom. The van der Waals surface area contributed by atoms with E-state index in [9.17, 15) is 13.2 Å². The van der Waals surface area contributed by atoms with E-state index in [0.717, 1.165) is 10.9 Å². The highest BCUT2D eigenvalue weighted by Crippen LogP contribution is 2.25. The molecule has 2 heterocycles. The zero-order valence-electron chi connectivity index (χ0n) is 10.8. The topological polar surface area (TPSA) is 54.2 Å². The van der Waals surface area contributed by atoms with Crippen LogP contribution in [0.4, 0.5) is 24.7 Å². The van der Waals surface area contributed by atoms with E-state index in [1.54, 1.807) is 6.07 Å². The Morgan fingerprint density at radius 3 is 2.90 bits per heavy atom. The van der Waals surface area contributed by atoms with Gasteiger partial charge >= 0.3 is 6.18 Å². The fraction of sp³-hybridized carbons (Fsp3) is 0.583. The molecule has 2 rings (SSSR count). The van der Waals surface area contributed by atoms with E-state index in [2.05, 4.69) is 26.2 Å². The molecule has 3 N–H and O–H groups in total. The largest absolute Gasteiger partial charge is 0.401 e. The lowest BCUT2D eigenvalue weighted by atomic mass is 10.1. The summed E-state index contributed by atoms with van der Waals surface area (Å²) in [5, 5.41) is 3.14. The number of alkyl halides is 3. The van der Waals surface area contributed by atoms with Crippen LogP contribution in [0, 0.1) is 5.92 Å². The summed E-state index contributed by atoms with van der Waals surface area (Å²) in [6.45, 7) is 0.721. The van der Waals surface area contributed by atoms with Gasteiger partial charge in [0.05, 0.1) is 22.9 Å². The van der Waals surface area contributed by atoms with Crippen LogP contribution in [0.2, 0.25) is 0 Å². The van der Waals surface area contributed by atoms with Gasteiger partial charge in [-0.15, -0.1) is 0 Å². The quantitative estimate of drug-likeness (QED) is 0.874. The first-order chi connectivity index (χ1) is 9.33. The maximum absolute atomic E-state index is 12.3. The Kier molecular flexibility index (Phi) is 4.74. The number of halogens is 4. The van der Waals surface area contributed by atoms with Crippen LogP contribution < -0.4 is 11.1 Å². The third-order valence-corrected chi connectivity index (χ3v) is 3.80. The molecule has 20 heavy (non-hydrogen) atoms. The lowest BCUT2D eigenvalue weighted by Crippen LogP contribution is -2.33. The van der Waals surface area contributed by atoms with Gasteiger partial charge in [-0.2, -0.15) is 13.2 Å². The van der Waals surface area contributed by atoms with E-state index in [1.165, 1.54) is 11.1 Å². The number of pyridine rings is 1. The van der Waals surface area contributed by atoms with Gasteiger partial charge in [0, 0.05) is 13.1 Å². The van der Waals surface area contributed by atoms with Crippen molar-refractivity contribution in [2.24, 2.45) is 5.92 Å². The molecule has 0 amide bonds. The van der Waals surface area contributed by atoms with Gasteiger partial charge in [0.2, 0.25) is 0 Å². The SMILES string of the molecule is Nc1cnc(NCC2CCN(CC(F)(F)F)C2)c(Br)c1. The zero-order valence-corrected chi connectivity index (χ0v) is 12.3. The van der Waals surface area contributed by atoms with Gasteiger partial charge in [0.1, 0.15) is 5.82 Å². The molecule has 0 aromatic carbocycles. The third-order valence-electron chi connectivity index (χ3n) is 3.19. The number of anilines is 2. The summed E-state index contributed by atoms with van der Waals surface area (Å²) >= 11 is 3.34. The van der Waals surface area contributed by atoms with Crippen molar-refractivity contribution in [3.05, 3.63) is 16.7 Å². The number of rotatable bonds is 4. The number of likely N-dealkylation sites (tertiary alicyclic amines) is 1. The fourth-order valence-corrected chi connectivity index (χ4v) is 2.81. The second-order valence-corrected chi connectivity index (χ2v) is 5.84. The van der Waals surface area contributed by atoms with Crippen LogP contribution in [0.1, 0.15) is 6.42 Å². The Labute approximate surface area is 123 Å². The number of aromatic nitrogens is 1. The molecule has 1 aliphatic rings. The molecule has 8 heteroatoms. The van der Waals surface area contributed by atoms with Crippen molar-refractivity contribution in [3.63, 3.8) is 0 Å². The predicted octanol–water partition coefficient (Wildman–Crippen LogP) is 2.72. The summed E-state index contributed by atoms with van der Waals surface area (Å²) < 4.78 is 37.6. The molecule has 0 saturated carbocycles. The molecule has 1 unspecified atom stereocenters. The van der Waals surface area contributed by atoms with Gasteiger partial charge in [-0.1, -0.05) is 0 Å². The van der Waals surface area contributed by atoms with Crippen LogP contribution in [0.3, 0.4) is 0 Å². The second-order valence-electron chi connectivity index (χ2n) is 4.98. The lowest BCUT2D eigenvalue weighted by molar-refractivity contribution is -0.143. The number of nitrogens with zero attached hydrogens (tertiary/aromatic N) is 2. The van der Waals surface area contributed by atoms with E-state index >= 15 is 0 Å². The Balaban J connectivity index is 1.81. The van der Waals surface area contributed by atoms with Crippen LogP contribution in [0.15, 0.2) is 16.7 Å². The molecule has 1 aliphatic heterocycles. The molecule has 0 aliphatic carbocycles. The third kappa shape index (κ3) is 4.52. The second kappa shape index (κ2) is 6.17. The summed E-state index contributed by atoms with van der Waals surface area (Å²) in [4.78, 5) is 5.58. The minimum atomic E-state index is -4.12. The van der Waals surface area contributed by atoms with Crippen molar-refractivity contribution >= 4 is 27.4 Å². The first-order valence-corrected chi connectivity index (χ1v) is 7.07. The van der Waals surface area contributed by atoms with Crippen molar-refractivity contribution < 1.29 is 13.2 Å². The molecule has 1 fully saturated rings. The van der Waals surface area contributed by atoms with Crippen LogP contribution in [0.5, 0.6) is 0 Å². The first-order valence-electron chi connectivity index (χ1n) is 6.27. The normalized spacial score (nSPS) is 20.3. The molecular weight excluding hydrogens is 337 g/mol. The molecule has 1 aromatic heterocycles. The van der Waals surface area contributed by atoms with Gasteiger partial charge in [-0.25, -0.2) is 4.98 Å². The van der Waals surface area contributed by atoms with Gasteiger partial charge in [0.25, 0.3) is 0 Å². The number of nitrogens with one attached hydrogen (secondary N) is 1. The smallest absolute Gasteiger partial charge is 0.397 e. The van der Waals surface area contributed by atoms with E-state index in [-0.39, 0.29) is 5.92 Å². The highest BCUT2D eigenvalue weighted by Gasteiger charge is 2.34. The van der Waals surface area contributed by atoms with E-state index in [0.29, 0.717) is 31.1 Å². The van der Waals surface area contributed by atoms with E-state index in [1.807, 2.05) is 0 Å². The van der Waals surface area contributed by atoms with Gasteiger partial charge in [-0.05, 0) is 40.9 Å². The molecular formula is C12H16BrF3N4.